The van der Waals surface area contributed by atoms with E-state index in [-0.39, 0.29) is 11.8 Å². The Hall–Kier alpha value is -3.31. The maximum atomic E-state index is 13.5. The number of methoxy groups -OCH3 is 1. The average molecular weight is 435 g/mol. The number of nitrogens with one attached hydrogen (secondary N) is 1. The third-order valence-corrected chi connectivity index (χ3v) is 5.95. The van der Waals surface area contributed by atoms with Gasteiger partial charge in [0, 0.05) is 29.6 Å². The highest BCUT2D eigenvalue weighted by Gasteiger charge is 2.36. The van der Waals surface area contributed by atoms with Crippen LogP contribution in [0.3, 0.4) is 0 Å². The molecule has 0 saturated heterocycles. The van der Waals surface area contributed by atoms with E-state index in [1.807, 2.05) is 55.5 Å². The van der Waals surface area contributed by atoms with Crippen LogP contribution in [0.5, 0.6) is 5.75 Å². The van der Waals surface area contributed by atoms with E-state index in [4.69, 9.17) is 16.3 Å². The fraction of sp³-hybridized carbons (Fsp3) is 0.200. The summed E-state index contributed by atoms with van der Waals surface area (Å²) >= 11 is 6.20. The third kappa shape index (κ3) is 4.28. The molecule has 1 atom stereocenters. The smallest absolute Gasteiger partial charge is 0.255 e. The van der Waals surface area contributed by atoms with Crippen molar-refractivity contribution >= 4 is 29.1 Å². The minimum atomic E-state index is -0.678. The van der Waals surface area contributed by atoms with E-state index in [2.05, 4.69) is 5.32 Å². The fourth-order valence-electron chi connectivity index (χ4n) is 3.86. The van der Waals surface area contributed by atoms with Crippen molar-refractivity contribution in [1.82, 2.24) is 4.90 Å². The number of rotatable bonds is 6. The number of hydrogen-bond donors (Lipinski definition) is 1. The van der Waals surface area contributed by atoms with Gasteiger partial charge in [0.25, 0.3) is 5.91 Å². The Balaban J connectivity index is 1.66. The first-order valence-electron chi connectivity index (χ1n) is 10.1. The number of amides is 2. The lowest BCUT2D eigenvalue weighted by Crippen LogP contribution is -2.45. The van der Waals surface area contributed by atoms with Crippen LogP contribution in [0, 0.1) is 6.92 Å². The van der Waals surface area contributed by atoms with Crippen LogP contribution in [-0.4, -0.2) is 29.9 Å². The summed E-state index contributed by atoms with van der Waals surface area (Å²) in [4.78, 5) is 28.2. The first-order valence-corrected chi connectivity index (χ1v) is 10.4. The molecule has 0 aromatic heterocycles. The quantitative estimate of drug-likeness (QED) is 0.602. The van der Waals surface area contributed by atoms with E-state index in [0.717, 1.165) is 16.7 Å². The van der Waals surface area contributed by atoms with Gasteiger partial charge in [0.1, 0.15) is 11.8 Å². The molecule has 0 aliphatic carbocycles. The Morgan fingerprint density at radius 1 is 1.13 bits per heavy atom. The first kappa shape index (κ1) is 20.9. The molecule has 158 valence electrons. The van der Waals surface area contributed by atoms with Gasteiger partial charge in [-0.2, -0.15) is 0 Å². The molecule has 1 heterocycles. The lowest BCUT2D eigenvalue weighted by Gasteiger charge is -2.27. The maximum Gasteiger partial charge on any atom is 0.255 e. The van der Waals surface area contributed by atoms with Gasteiger partial charge in [-0.15, -0.1) is 0 Å². The highest BCUT2D eigenvalue weighted by Crippen LogP contribution is 2.32. The Kier molecular flexibility index (Phi) is 5.96. The van der Waals surface area contributed by atoms with Crippen LogP contribution in [0.25, 0.3) is 0 Å². The van der Waals surface area contributed by atoms with Gasteiger partial charge in [0.2, 0.25) is 5.91 Å². The number of fused-ring (bicyclic) bond motifs is 1. The summed E-state index contributed by atoms with van der Waals surface area (Å²) in [5.41, 5.74) is 3.90. The van der Waals surface area contributed by atoms with Crippen molar-refractivity contribution in [2.24, 2.45) is 0 Å². The molecule has 5 nitrogen and oxygen atoms in total. The summed E-state index contributed by atoms with van der Waals surface area (Å²) < 4.78 is 5.40. The molecule has 0 unspecified atom stereocenters. The Labute approximate surface area is 186 Å². The molecule has 1 N–H and O–H groups in total. The second-order valence-electron chi connectivity index (χ2n) is 7.59. The zero-order chi connectivity index (χ0) is 22.0. The number of aryl methyl sites for hydroxylation is 1. The van der Waals surface area contributed by atoms with Crippen LogP contribution in [-0.2, 0) is 17.8 Å². The van der Waals surface area contributed by atoms with Crippen LogP contribution in [0.2, 0.25) is 5.02 Å². The van der Waals surface area contributed by atoms with Crippen molar-refractivity contribution in [2.75, 3.05) is 12.4 Å². The number of ether oxygens (including phenoxy) is 1. The molecular formula is C25H23ClN2O3. The normalized spacial score (nSPS) is 13.6. The Morgan fingerprint density at radius 3 is 2.55 bits per heavy atom. The highest BCUT2D eigenvalue weighted by atomic mass is 35.5. The van der Waals surface area contributed by atoms with Crippen molar-refractivity contribution in [3.63, 3.8) is 0 Å². The molecule has 4 rings (SSSR count). The van der Waals surface area contributed by atoms with Crippen molar-refractivity contribution in [3.8, 4) is 5.75 Å². The van der Waals surface area contributed by atoms with E-state index >= 15 is 0 Å². The summed E-state index contributed by atoms with van der Waals surface area (Å²) in [5, 5.41) is 3.51. The van der Waals surface area contributed by atoms with Crippen LogP contribution < -0.4 is 10.1 Å². The van der Waals surface area contributed by atoms with E-state index < -0.39 is 6.04 Å². The van der Waals surface area contributed by atoms with Gasteiger partial charge < -0.3 is 15.0 Å². The molecule has 1 aliphatic rings. The van der Waals surface area contributed by atoms with E-state index in [0.29, 0.717) is 35.0 Å². The molecule has 3 aromatic rings. The minimum absolute atomic E-state index is 0.133. The zero-order valence-electron chi connectivity index (χ0n) is 17.4. The van der Waals surface area contributed by atoms with Gasteiger partial charge in [0.05, 0.1) is 12.8 Å². The molecule has 0 saturated carbocycles. The molecule has 6 heteroatoms. The lowest BCUT2D eigenvalue weighted by atomic mass is 10.0. The van der Waals surface area contributed by atoms with Crippen LogP contribution >= 0.6 is 11.6 Å². The Bertz CT molecular complexity index is 1130. The molecule has 0 spiro atoms. The lowest BCUT2D eigenvalue weighted by molar-refractivity contribution is -0.120. The predicted octanol–water partition coefficient (Wildman–Crippen LogP) is 4.86. The van der Waals surface area contributed by atoms with Crippen molar-refractivity contribution in [3.05, 3.63) is 94.0 Å². The second kappa shape index (κ2) is 8.82. The third-order valence-electron chi connectivity index (χ3n) is 5.54. The molecule has 0 bridgehead atoms. The zero-order valence-corrected chi connectivity index (χ0v) is 18.1. The monoisotopic (exact) mass is 434 g/mol. The van der Waals surface area contributed by atoms with Crippen LogP contribution in [0.1, 0.15) is 27.0 Å². The van der Waals surface area contributed by atoms with Gasteiger partial charge in [-0.25, -0.2) is 0 Å². The Morgan fingerprint density at radius 2 is 1.84 bits per heavy atom. The van der Waals surface area contributed by atoms with E-state index in [1.54, 1.807) is 23.1 Å². The largest absolute Gasteiger partial charge is 0.495 e. The highest BCUT2D eigenvalue weighted by molar-refractivity contribution is 6.31. The molecular weight excluding hydrogens is 412 g/mol. The molecule has 2 amide bonds. The standard InChI is InChI=1S/C25H23ClN2O3/c1-16-12-21(23(31-2)14-20(16)26)27-24(29)22(13-17-8-4-3-5-9-17)28-15-18-10-6-7-11-19(18)25(28)30/h3-12,14,22H,13,15H2,1-2H3,(H,27,29)/t22-/m1/s1. The molecule has 31 heavy (non-hydrogen) atoms. The number of carbonyl (C=O) groups is 2. The van der Waals surface area contributed by atoms with Gasteiger partial charge in [-0.1, -0.05) is 60.1 Å². The van der Waals surface area contributed by atoms with Crippen molar-refractivity contribution < 1.29 is 14.3 Å². The second-order valence-corrected chi connectivity index (χ2v) is 7.99. The predicted molar refractivity (Wildman–Crippen MR) is 122 cm³/mol. The molecule has 3 aromatic carbocycles. The minimum Gasteiger partial charge on any atom is -0.495 e. The number of nitrogens with zero attached hydrogens (tertiary/aromatic N) is 1. The summed E-state index contributed by atoms with van der Waals surface area (Å²) in [6, 6.07) is 20.0. The number of carbonyl (C=O) groups excluding carboxylic acids is 2. The summed E-state index contributed by atoms with van der Waals surface area (Å²) in [7, 11) is 1.53. The number of benzene rings is 3. The number of hydrogen-bond acceptors (Lipinski definition) is 3. The summed E-state index contributed by atoms with van der Waals surface area (Å²) in [6.07, 6.45) is 0.404. The van der Waals surface area contributed by atoms with Gasteiger partial charge in [-0.05, 0) is 35.7 Å². The average Bonchev–Trinajstić information content (AvgIpc) is 3.11. The van der Waals surface area contributed by atoms with Crippen molar-refractivity contribution in [2.45, 2.75) is 25.9 Å². The molecule has 0 radical (unpaired) electrons. The summed E-state index contributed by atoms with van der Waals surface area (Å²) in [6.45, 7) is 2.26. The van der Waals surface area contributed by atoms with Crippen LogP contribution in [0.4, 0.5) is 5.69 Å². The molecule has 0 fully saturated rings. The van der Waals surface area contributed by atoms with Gasteiger partial charge in [0.15, 0.2) is 0 Å². The first-order chi connectivity index (χ1) is 15.0. The van der Waals surface area contributed by atoms with Crippen LogP contribution in [0.15, 0.2) is 66.7 Å². The topological polar surface area (TPSA) is 58.6 Å². The van der Waals surface area contributed by atoms with Gasteiger partial charge >= 0.3 is 0 Å². The SMILES string of the molecule is COc1cc(Cl)c(C)cc1NC(=O)[C@@H](Cc1ccccc1)N1Cc2ccccc2C1=O. The number of halogens is 1. The fourth-order valence-corrected chi connectivity index (χ4v) is 4.01. The van der Waals surface area contributed by atoms with Crippen molar-refractivity contribution in [1.29, 1.82) is 0 Å². The molecule has 1 aliphatic heterocycles. The number of anilines is 1. The van der Waals surface area contributed by atoms with Gasteiger partial charge in [-0.3, -0.25) is 9.59 Å². The summed E-state index contributed by atoms with van der Waals surface area (Å²) in [5.74, 6) is 0.0643. The van der Waals surface area contributed by atoms with E-state index in [9.17, 15) is 9.59 Å². The van der Waals surface area contributed by atoms with E-state index in [1.165, 1.54) is 7.11 Å². The maximum absolute atomic E-state index is 13.5.